The van der Waals surface area contributed by atoms with Crippen molar-refractivity contribution in [2.45, 2.75) is 37.5 Å². The maximum absolute atomic E-state index is 7.16. The van der Waals surface area contributed by atoms with Crippen LogP contribution in [0.3, 0.4) is 0 Å². The SMILES string of the molecule is c1ccc(-c2nc(-c3ccc4sc5ccccc5c4c3)nc(-c3cccc4oc5c6c(ccc5c34)-c3ccccc3C63C4CC5CC(C4)CC3C5)n2)cc1. The molecule has 9 aromatic rings. The number of thiophene rings is 1. The van der Waals surface area contributed by atoms with E-state index in [1.165, 1.54) is 69.0 Å². The first kappa shape index (κ1) is 29.8. The van der Waals surface area contributed by atoms with Gasteiger partial charge in [-0.1, -0.05) is 91.0 Å². The van der Waals surface area contributed by atoms with E-state index in [2.05, 4.69) is 109 Å². The van der Waals surface area contributed by atoms with E-state index in [9.17, 15) is 0 Å². The van der Waals surface area contributed by atoms with E-state index in [4.69, 9.17) is 19.4 Å². The molecule has 14 rings (SSSR count). The molecule has 3 heterocycles. The zero-order valence-electron chi connectivity index (χ0n) is 29.6. The van der Waals surface area contributed by atoms with Crippen LogP contribution >= 0.6 is 11.3 Å². The lowest BCUT2D eigenvalue weighted by Crippen LogP contribution is -2.55. The van der Waals surface area contributed by atoms with Crippen molar-refractivity contribution in [2.75, 3.05) is 0 Å². The van der Waals surface area contributed by atoms with E-state index in [-0.39, 0.29) is 5.41 Å². The third-order valence-corrected chi connectivity index (χ3v) is 14.9. The molecule has 3 aromatic heterocycles. The summed E-state index contributed by atoms with van der Waals surface area (Å²) in [5.74, 6) is 5.08. The highest BCUT2D eigenvalue weighted by molar-refractivity contribution is 7.25. The first-order valence-electron chi connectivity index (χ1n) is 19.5. The zero-order valence-corrected chi connectivity index (χ0v) is 30.4. The van der Waals surface area contributed by atoms with Gasteiger partial charge in [-0.15, -0.1) is 11.3 Å². The van der Waals surface area contributed by atoms with Crippen LogP contribution in [0.5, 0.6) is 0 Å². The summed E-state index contributed by atoms with van der Waals surface area (Å²) in [5.41, 5.74) is 10.7. The summed E-state index contributed by atoms with van der Waals surface area (Å²) in [4.78, 5) is 15.6. The topological polar surface area (TPSA) is 51.8 Å². The number of furan rings is 1. The Labute approximate surface area is 316 Å². The molecule has 0 saturated heterocycles. The normalized spacial score (nSPS) is 23.6. The maximum atomic E-state index is 7.16. The predicted molar refractivity (Wildman–Crippen MR) is 220 cm³/mol. The number of fused-ring (bicyclic) bond motifs is 10. The monoisotopic (exact) mass is 713 g/mol. The fraction of sp³-hybridized carbons (Fsp3) is 0.204. The number of hydrogen-bond donors (Lipinski definition) is 0. The zero-order chi connectivity index (χ0) is 35.1. The molecular weight excluding hydrogens is 679 g/mol. The Kier molecular flexibility index (Phi) is 5.92. The lowest BCUT2D eigenvalue weighted by molar-refractivity contribution is -0.0396. The molecule has 0 radical (unpaired) electrons. The van der Waals surface area contributed by atoms with Gasteiger partial charge in [-0.05, 0) is 109 Å². The third-order valence-electron chi connectivity index (χ3n) is 13.7. The standard InChI is InChI=1S/C49H35N3OS/c1-2-9-29(10-3-1)46-50-47(30-17-20-42-38(26-30)34-12-5-7-16-41(34)54-42)52-48(51-46)37-13-8-15-40-43(37)36-19-18-35-33-11-4-6-14-39(33)49(44(35)45(36)53-40)31-22-27-21-28(24-31)25-32(49)23-27/h1-20,26-28,31-32H,21-25H2. The fourth-order valence-electron chi connectivity index (χ4n) is 11.9. The second-order valence-corrected chi connectivity index (χ2v) is 17.4. The highest BCUT2D eigenvalue weighted by Crippen LogP contribution is 2.70. The van der Waals surface area contributed by atoms with Gasteiger partial charge in [-0.3, -0.25) is 0 Å². The van der Waals surface area contributed by atoms with Gasteiger partial charge in [0.15, 0.2) is 17.5 Å². The van der Waals surface area contributed by atoms with Gasteiger partial charge in [-0.2, -0.15) is 0 Å². The minimum Gasteiger partial charge on any atom is -0.456 e. The second-order valence-electron chi connectivity index (χ2n) is 16.3. The van der Waals surface area contributed by atoms with Crippen LogP contribution in [0.2, 0.25) is 0 Å². The van der Waals surface area contributed by atoms with E-state index < -0.39 is 0 Å². The first-order valence-corrected chi connectivity index (χ1v) is 20.3. The van der Waals surface area contributed by atoms with Gasteiger partial charge in [0, 0.05) is 58.6 Å². The van der Waals surface area contributed by atoms with E-state index in [1.807, 2.05) is 29.5 Å². The Balaban J connectivity index is 1.05. The molecule has 6 aromatic carbocycles. The molecule has 4 saturated carbocycles. The molecule has 258 valence electrons. The highest BCUT2D eigenvalue weighted by Gasteiger charge is 2.62. The van der Waals surface area contributed by atoms with Crippen molar-refractivity contribution < 1.29 is 4.42 Å². The quantitative estimate of drug-likeness (QED) is 0.183. The van der Waals surface area contributed by atoms with Crippen LogP contribution in [0.25, 0.3) is 87.4 Å². The van der Waals surface area contributed by atoms with Crippen LogP contribution in [0.1, 0.15) is 43.2 Å². The summed E-state index contributed by atoms with van der Waals surface area (Å²) in [5, 5.41) is 4.74. The molecule has 4 bridgehead atoms. The van der Waals surface area contributed by atoms with Crippen LogP contribution in [0.15, 0.2) is 132 Å². The molecule has 4 fully saturated rings. The van der Waals surface area contributed by atoms with Crippen LogP contribution in [-0.4, -0.2) is 15.0 Å². The van der Waals surface area contributed by atoms with Gasteiger partial charge in [-0.25, -0.2) is 15.0 Å². The van der Waals surface area contributed by atoms with E-state index >= 15 is 0 Å². The second kappa shape index (κ2) is 10.7. The number of nitrogens with zero attached hydrogens (tertiary/aromatic N) is 3. The van der Waals surface area contributed by atoms with Gasteiger partial charge in [0.2, 0.25) is 0 Å². The molecule has 54 heavy (non-hydrogen) atoms. The average molecular weight is 714 g/mol. The summed E-state index contributed by atoms with van der Waals surface area (Å²) in [6.07, 6.45) is 6.79. The molecule has 5 heteroatoms. The van der Waals surface area contributed by atoms with Crippen LogP contribution in [0.4, 0.5) is 0 Å². The van der Waals surface area contributed by atoms with Crippen LogP contribution in [0, 0.1) is 23.7 Å². The summed E-state index contributed by atoms with van der Waals surface area (Å²) in [6, 6.07) is 46.0. The molecule has 0 atom stereocenters. The minimum atomic E-state index is 0.0121. The molecule has 0 unspecified atom stereocenters. The van der Waals surface area contributed by atoms with Crippen molar-refractivity contribution in [3.63, 3.8) is 0 Å². The number of hydrogen-bond acceptors (Lipinski definition) is 5. The Bertz CT molecular complexity index is 3000. The number of benzene rings is 6. The molecule has 4 nitrogen and oxygen atoms in total. The van der Waals surface area contributed by atoms with Gasteiger partial charge in [0.05, 0.1) is 0 Å². The van der Waals surface area contributed by atoms with Crippen molar-refractivity contribution in [2.24, 2.45) is 23.7 Å². The predicted octanol–water partition coefficient (Wildman–Crippen LogP) is 12.9. The largest absolute Gasteiger partial charge is 0.456 e. The fourth-order valence-corrected chi connectivity index (χ4v) is 13.0. The summed E-state index contributed by atoms with van der Waals surface area (Å²) in [7, 11) is 0. The van der Waals surface area contributed by atoms with E-state index in [0.29, 0.717) is 29.3 Å². The minimum absolute atomic E-state index is 0.0121. The van der Waals surface area contributed by atoms with E-state index in [0.717, 1.165) is 50.5 Å². The average Bonchev–Trinajstić information content (AvgIpc) is 3.88. The van der Waals surface area contributed by atoms with Crippen molar-refractivity contribution in [1.29, 1.82) is 0 Å². The molecule has 5 aliphatic carbocycles. The van der Waals surface area contributed by atoms with Crippen molar-refractivity contribution in [1.82, 2.24) is 15.0 Å². The third kappa shape index (κ3) is 3.90. The summed E-state index contributed by atoms with van der Waals surface area (Å²) in [6.45, 7) is 0. The Morgan fingerprint density at radius 1 is 0.519 bits per heavy atom. The Hall–Kier alpha value is -5.65. The van der Waals surface area contributed by atoms with Crippen molar-refractivity contribution in [3.8, 4) is 45.3 Å². The van der Waals surface area contributed by atoms with Gasteiger partial charge >= 0.3 is 0 Å². The van der Waals surface area contributed by atoms with E-state index in [1.54, 1.807) is 5.56 Å². The first-order chi connectivity index (χ1) is 26.7. The number of aromatic nitrogens is 3. The maximum Gasteiger partial charge on any atom is 0.164 e. The van der Waals surface area contributed by atoms with Gasteiger partial charge < -0.3 is 4.42 Å². The lowest BCUT2D eigenvalue weighted by Gasteiger charge is -2.61. The summed E-state index contributed by atoms with van der Waals surface area (Å²) < 4.78 is 9.71. The van der Waals surface area contributed by atoms with Gasteiger partial charge in [0.1, 0.15) is 11.2 Å². The highest BCUT2D eigenvalue weighted by atomic mass is 32.1. The molecule has 1 spiro atoms. The molecule has 0 amide bonds. The molecule has 5 aliphatic rings. The molecule has 0 aliphatic heterocycles. The smallest absolute Gasteiger partial charge is 0.164 e. The molecular formula is C49H35N3OS. The molecule has 0 N–H and O–H groups in total. The Morgan fingerprint density at radius 3 is 2.07 bits per heavy atom. The lowest BCUT2D eigenvalue weighted by atomic mass is 9.43. The van der Waals surface area contributed by atoms with Crippen molar-refractivity contribution >= 4 is 53.4 Å². The van der Waals surface area contributed by atoms with Crippen LogP contribution in [-0.2, 0) is 5.41 Å². The van der Waals surface area contributed by atoms with Gasteiger partial charge in [0.25, 0.3) is 0 Å². The van der Waals surface area contributed by atoms with Crippen LogP contribution < -0.4 is 0 Å². The number of rotatable bonds is 3. The van der Waals surface area contributed by atoms with Crippen molar-refractivity contribution in [3.05, 3.63) is 139 Å². The summed E-state index contributed by atoms with van der Waals surface area (Å²) >= 11 is 1.83. The Morgan fingerprint density at radius 2 is 1.22 bits per heavy atom.